The summed E-state index contributed by atoms with van der Waals surface area (Å²) in [5.41, 5.74) is 1.10. The molecule has 0 aromatic heterocycles. The zero-order valence-corrected chi connectivity index (χ0v) is 8.97. The highest BCUT2D eigenvalue weighted by molar-refractivity contribution is 5.46. The van der Waals surface area contributed by atoms with Crippen LogP contribution in [0.1, 0.15) is 16.7 Å². The molecule has 1 rings (SSSR count). The van der Waals surface area contributed by atoms with Crippen molar-refractivity contribution in [3.63, 3.8) is 0 Å². The quantitative estimate of drug-likeness (QED) is 0.840. The van der Waals surface area contributed by atoms with E-state index < -0.39 is 12.5 Å². The highest BCUT2D eigenvalue weighted by atomic mass is 19.3. The van der Waals surface area contributed by atoms with Gasteiger partial charge in [0.2, 0.25) is 0 Å². The van der Waals surface area contributed by atoms with E-state index in [1.165, 1.54) is 13.2 Å². The van der Waals surface area contributed by atoms with Crippen LogP contribution in [0, 0.1) is 13.8 Å². The molecule has 0 amide bonds. The van der Waals surface area contributed by atoms with E-state index in [2.05, 4.69) is 0 Å². The molecule has 1 aromatic rings. The van der Waals surface area contributed by atoms with Crippen LogP contribution in [0.2, 0.25) is 0 Å². The molecule has 4 heteroatoms. The second-order valence-corrected chi connectivity index (χ2v) is 3.53. The second-order valence-electron chi connectivity index (χ2n) is 3.53. The van der Waals surface area contributed by atoms with Gasteiger partial charge in [-0.2, -0.15) is 8.78 Å². The van der Waals surface area contributed by atoms with Gasteiger partial charge in [-0.05, 0) is 25.5 Å². The van der Waals surface area contributed by atoms with Gasteiger partial charge in [0.25, 0.3) is 5.92 Å². The third kappa shape index (κ3) is 2.26. The van der Waals surface area contributed by atoms with Gasteiger partial charge >= 0.3 is 0 Å². The van der Waals surface area contributed by atoms with Crippen LogP contribution < -0.4 is 4.74 Å². The number of methoxy groups -OCH3 is 1. The molecular formula is C11H14F2O2. The third-order valence-corrected chi connectivity index (χ3v) is 2.22. The number of halogens is 2. The van der Waals surface area contributed by atoms with Crippen molar-refractivity contribution >= 4 is 0 Å². The van der Waals surface area contributed by atoms with E-state index in [0.717, 1.165) is 5.56 Å². The zero-order chi connectivity index (χ0) is 11.6. The van der Waals surface area contributed by atoms with Crippen LogP contribution in [0.25, 0.3) is 0 Å². The molecule has 1 N–H and O–H groups in total. The lowest BCUT2D eigenvalue weighted by molar-refractivity contribution is -0.0572. The summed E-state index contributed by atoms with van der Waals surface area (Å²) in [6, 6.07) is 3.10. The standard InChI is InChI=1S/C11H14F2O2/c1-7-4-8(2)10(15-3)9(5-7)11(12,13)6-14/h4-5,14H,6H2,1-3H3. The van der Waals surface area contributed by atoms with Crippen LogP contribution in [0.15, 0.2) is 12.1 Å². The zero-order valence-electron chi connectivity index (χ0n) is 8.97. The van der Waals surface area contributed by atoms with Crippen LogP contribution in [-0.2, 0) is 5.92 Å². The Balaban J connectivity index is 3.39. The topological polar surface area (TPSA) is 29.5 Å². The van der Waals surface area contributed by atoms with E-state index in [9.17, 15) is 8.78 Å². The first-order valence-electron chi connectivity index (χ1n) is 4.56. The predicted molar refractivity (Wildman–Crippen MR) is 53.4 cm³/mol. The summed E-state index contributed by atoms with van der Waals surface area (Å²) >= 11 is 0. The maximum absolute atomic E-state index is 13.4. The molecule has 0 saturated heterocycles. The number of aliphatic hydroxyl groups is 1. The Morgan fingerprint density at radius 3 is 2.40 bits per heavy atom. The monoisotopic (exact) mass is 216 g/mol. The Labute approximate surface area is 87.5 Å². The Bertz CT molecular complexity index is 362. The van der Waals surface area contributed by atoms with Crippen LogP contribution in [0.3, 0.4) is 0 Å². The highest BCUT2D eigenvalue weighted by Crippen LogP contribution is 2.37. The van der Waals surface area contributed by atoms with Crippen molar-refractivity contribution in [2.45, 2.75) is 19.8 Å². The molecule has 1 aromatic carbocycles. The number of benzene rings is 1. The summed E-state index contributed by atoms with van der Waals surface area (Å²) in [6.07, 6.45) is 0. The number of rotatable bonds is 3. The number of aryl methyl sites for hydroxylation is 2. The van der Waals surface area contributed by atoms with Crippen molar-refractivity contribution in [2.24, 2.45) is 0 Å². The lowest BCUT2D eigenvalue weighted by Gasteiger charge is -2.19. The first kappa shape index (κ1) is 11.9. The summed E-state index contributed by atoms with van der Waals surface area (Å²) < 4.78 is 31.7. The van der Waals surface area contributed by atoms with Crippen LogP contribution in [0.5, 0.6) is 5.75 Å². The van der Waals surface area contributed by atoms with Gasteiger partial charge in [-0.25, -0.2) is 0 Å². The van der Waals surface area contributed by atoms with Crippen molar-refractivity contribution in [3.8, 4) is 5.75 Å². The third-order valence-electron chi connectivity index (χ3n) is 2.22. The van der Waals surface area contributed by atoms with Gasteiger partial charge in [0, 0.05) is 0 Å². The van der Waals surface area contributed by atoms with Gasteiger partial charge in [0.1, 0.15) is 12.4 Å². The van der Waals surface area contributed by atoms with Crippen molar-refractivity contribution in [1.29, 1.82) is 0 Å². The van der Waals surface area contributed by atoms with Crippen molar-refractivity contribution < 1.29 is 18.6 Å². The SMILES string of the molecule is COc1c(C)cc(C)cc1C(F)(F)CO. The summed E-state index contributed by atoms with van der Waals surface area (Å²) in [7, 11) is 1.34. The number of alkyl halides is 2. The summed E-state index contributed by atoms with van der Waals surface area (Å²) in [4.78, 5) is 0. The first-order valence-corrected chi connectivity index (χ1v) is 4.56. The molecular weight excluding hydrogens is 202 g/mol. The molecule has 15 heavy (non-hydrogen) atoms. The molecule has 0 aliphatic heterocycles. The van der Waals surface area contributed by atoms with E-state index in [0.29, 0.717) is 5.56 Å². The lowest BCUT2D eigenvalue weighted by Crippen LogP contribution is -2.20. The van der Waals surface area contributed by atoms with Crippen LogP contribution in [0.4, 0.5) is 8.78 Å². The minimum absolute atomic E-state index is 0.139. The average molecular weight is 216 g/mol. The smallest absolute Gasteiger partial charge is 0.299 e. The highest BCUT2D eigenvalue weighted by Gasteiger charge is 2.34. The fraction of sp³-hybridized carbons (Fsp3) is 0.455. The Morgan fingerprint density at radius 2 is 1.93 bits per heavy atom. The molecule has 0 aliphatic carbocycles. The van der Waals surface area contributed by atoms with Gasteiger partial charge < -0.3 is 9.84 Å². The first-order chi connectivity index (χ1) is 6.92. The van der Waals surface area contributed by atoms with Crippen molar-refractivity contribution in [1.82, 2.24) is 0 Å². The lowest BCUT2D eigenvalue weighted by atomic mass is 10.0. The minimum Gasteiger partial charge on any atom is -0.496 e. The Hall–Kier alpha value is -1.16. The molecule has 2 nitrogen and oxygen atoms in total. The second kappa shape index (κ2) is 4.14. The number of hydrogen-bond acceptors (Lipinski definition) is 2. The van der Waals surface area contributed by atoms with Gasteiger partial charge in [-0.15, -0.1) is 0 Å². The maximum atomic E-state index is 13.4. The largest absolute Gasteiger partial charge is 0.496 e. The molecule has 0 saturated carbocycles. The van der Waals surface area contributed by atoms with Gasteiger partial charge in [0.15, 0.2) is 0 Å². The summed E-state index contributed by atoms with van der Waals surface area (Å²) in [5, 5.41) is 8.64. The number of ether oxygens (including phenoxy) is 1. The van der Waals surface area contributed by atoms with E-state index in [-0.39, 0.29) is 11.3 Å². The van der Waals surface area contributed by atoms with E-state index >= 15 is 0 Å². The Kier molecular flexibility index (Phi) is 3.29. The maximum Gasteiger partial charge on any atom is 0.299 e. The molecule has 0 fully saturated rings. The van der Waals surface area contributed by atoms with Crippen LogP contribution in [-0.4, -0.2) is 18.8 Å². The normalized spacial score (nSPS) is 11.6. The van der Waals surface area contributed by atoms with Gasteiger partial charge in [-0.3, -0.25) is 0 Å². The van der Waals surface area contributed by atoms with Crippen molar-refractivity contribution in [3.05, 3.63) is 28.8 Å². The number of hydrogen-bond donors (Lipinski definition) is 1. The van der Waals surface area contributed by atoms with E-state index in [1.807, 2.05) is 0 Å². The van der Waals surface area contributed by atoms with Crippen molar-refractivity contribution in [2.75, 3.05) is 13.7 Å². The average Bonchev–Trinajstić information content (AvgIpc) is 2.16. The number of aliphatic hydroxyl groups excluding tert-OH is 1. The predicted octanol–water partition coefficient (Wildman–Crippen LogP) is 2.40. The summed E-state index contributed by atoms with van der Waals surface area (Å²) in [5.74, 6) is -3.12. The molecule has 0 heterocycles. The van der Waals surface area contributed by atoms with Gasteiger partial charge in [-0.1, -0.05) is 11.6 Å². The molecule has 0 unspecified atom stereocenters. The summed E-state index contributed by atoms with van der Waals surface area (Å²) in [6.45, 7) is 2.21. The fourth-order valence-electron chi connectivity index (χ4n) is 1.58. The molecule has 0 bridgehead atoms. The minimum atomic E-state index is -3.26. The molecule has 0 aliphatic rings. The van der Waals surface area contributed by atoms with E-state index in [1.54, 1.807) is 19.9 Å². The molecule has 0 spiro atoms. The Morgan fingerprint density at radius 1 is 1.33 bits per heavy atom. The molecule has 0 radical (unpaired) electrons. The van der Waals surface area contributed by atoms with Crippen LogP contribution >= 0.6 is 0 Å². The molecule has 0 atom stereocenters. The molecule has 84 valence electrons. The fourth-order valence-corrected chi connectivity index (χ4v) is 1.58. The van der Waals surface area contributed by atoms with Gasteiger partial charge in [0.05, 0.1) is 12.7 Å². The van der Waals surface area contributed by atoms with E-state index in [4.69, 9.17) is 9.84 Å².